The lowest BCUT2D eigenvalue weighted by atomic mass is 9.95. The van der Waals surface area contributed by atoms with E-state index in [1.165, 1.54) is 16.2 Å². The predicted octanol–water partition coefficient (Wildman–Crippen LogP) is 5.24. The minimum absolute atomic E-state index is 0.0341. The molecule has 164 valence electrons. The molecule has 5 rings (SSSR count). The van der Waals surface area contributed by atoms with Gasteiger partial charge in [-0.1, -0.05) is 47.7 Å². The number of aryl methyl sites for hydroxylation is 1. The van der Waals surface area contributed by atoms with Gasteiger partial charge >= 0.3 is 5.91 Å². The molecule has 1 aliphatic heterocycles. The zero-order valence-corrected chi connectivity index (χ0v) is 18.8. The van der Waals surface area contributed by atoms with E-state index in [9.17, 15) is 14.7 Å². The van der Waals surface area contributed by atoms with Crippen molar-refractivity contribution in [1.29, 1.82) is 0 Å². The lowest BCUT2D eigenvalue weighted by Gasteiger charge is -2.22. The van der Waals surface area contributed by atoms with Crippen LogP contribution in [0.3, 0.4) is 0 Å². The first-order valence-corrected chi connectivity index (χ1v) is 11.2. The van der Waals surface area contributed by atoms with Crippen LogP contribution in [0.1, 0.15) is 22.7 Å². The molecule has 1 atom stereocenters. The Morgan fingerprint density at radius 1 is 1.03 bits per heavy atom. The van der Waals surface area contributed by atoms with Crippen molar-refractivity contribution in [3.05, 3.63) is 95.1 Å². The number of carbonyl (C=O) groups is 2. The highest BCUT2D eigenvalue weighted by Crippen LogP contribution is 2.44. The summed E-state index contributed by atoms with van der Waals surface area (Å²) in [4.78, 5) is 32.5. The number of anilines is 1. The summed E-state index contributed by atoms with van der Waals surface area (Å²) in [6.45, 7) is 1.99. The summed E-state index contributed by atoms with van der Waals surface area (Å²) in [5.41, 5.74) is 3.01. The molecule has 1 fully saturated rings. The van der Waals surface area contributed by atoms with Crippen LogP contribution in [0.4, 0.5) is 5.13 Å². The summed E-state index contributed by atoms with van der Waals surface area (Å²) in [7, 11) is 1.55. The Morgan fingerprint density at radius 2 is 1.76 bits per heavy atom. The Bertz CT molecular complexity index is 1410. The van der Waals surface area contributed by atoms with Gasteiger partial charge in [0.05, 0.1) is 28.9 Å². The highest BCUT2D eigenvalue weighted by atomic mass is 32.1. The molecule has 1 aromatic heterocycles. The van der Waals surface area contributed by atoms with E-state index in [4.69, 9.17) is 4.74 Å². The van der Waals surface area contributed by atoms with Crippen LogP contribution in [0.15, 0.2) is 78.4 Å². The minimum atomic E-state index is -0.796. The second-order valence-electron chi connectivity index (χ2n) is 7.78. The number of rotatable bonds is 4. The van der Waals surface area contributed by atoms with Gasteiger partial charge in [-0.2, -0.15) is 0 Å². The van der Waals surface area contributed by atoms with E-state index in [2.05, 4.69) is 4.98 Å². The van der Waals surface area contributed by atoms with Crippen molar-refractivity contribution in [2.24, 2.45) is 0 Å². The van der Waals surface area contributed by atoms with Gasteiger partial charge in [-0.25, -0.2) is 4.98 Å². The molecular formula is C26H20N2O4S. The highest BCUT2D eigenvalue weighted by molar-refractivity contribution is 7.22. The standard InChI is InChI=1S/C26H20N2O4S/c1-15-8-13-19-20(14-15)33-26(27-19)28-22(16-6-4-3-5-7-16)21(24(30)25(28)31)23(29)17-9-11-18(32-2)12-10-17/h3-14,22,29H,1-2H3/b23-21+/t22-/m0/s1. The Balaban J connectivity index is 1.70. The van der Waals surface area contributed by atoms with E-state index < -0.39 is 17.7 Å². The molecule has 0 bridgehead atoms. The summed E-state index contributed by atoms with van der Waals surface area (Å²) >= 11 is 1.35. The normalized spacial score (nSPS) is 17.6. The molecule has 7 heteroatoms. The van der Waals surface area contributed by atoms with Crippen LogP contribution in [0, 0.1) is 6.92 Å². The van der Waals surface area contributed by atoms with Crippen LogP contribution in [0.2, 0.25) is 0 Å². The maximum absolute atomic E-state index is 13.3. The molecule has 0 radical (unpaired) electrons. The predicted molar refractivity (Wildman–Crippen MR) is 129 cm³/mol. The third-order valence-corrected chi connectivity index (χ3v) is 6.68. The number of hydrogen-bond donors (Lipinski definition) is 1. The van der Waals surface area contributed by atoms with E-state index in [0.29, 0.717) is 22.0 Å². The van der Waals surface area contributed by atoms with Gasteiger partial charge in [-0.3, -0.25) is 14.5 Å². The van der Waals surface area contributed by atoms with Gasteiger partial charge in [0, 0.05) is 5.56 Å². The van der Waals surface area contributed by atoms with Gasteiger partial charge in [-0.15, -0.1) is 0 Å². The molecule has 4 aromatic rings. The van der Waals surface area contributed by atoms with Crippen LogP contribution in [-0.4, -0.2) is 28.9 Å². The number of carbonyl (C=O) groups excluding carboxylic acids is 2. The fraction of sp³-hybridized carbons (Fsp3) is 0.115. The number of aromatic nitrogens is 1. The van der Waals surface area contributed by atoms with Gasteiger partial charge in [0.1, 0.15) is 11.5 Å². The van der Waals surface area contributed by atoms with Gasteiger partial charge < -0.3 is 9.84 Å². The SMILES string of the molecule is COc1ccc(/C(O)=C2\C(=O)C(=O)N(c3nc4ccc(C)cc4s3)[C@H]2c2ccccc2)cc1. The van der Waals surface area contributed by atoms with Crippen molar-refractivity contribution in [3.8, 4) is 5.75 Å². The van der Waals surface area contributed by atoms with E-state index in [1.54, 1.807) is 31.4 Å². The first-order chi connectivity index (χ1) is 16.0. The lowest BCUT2D eigenvalue weighted by molar-refractivity contribution is -0.132. The number of hydrogen-bond acceptors (Lipinski definition) is 6. The first-order valence-electron chi connectivity index (χ1n) is 10.4. The van der Waals surface area contributed by atoms with Crippen LogP contribution in [0.25, 0.3) is 16.0 Å². The Morgan fingerprint density at radius 3 is 2.45 bits per heavy atom. The van der Waals surface area contributed by atoms with Crippen LogP contribution < -0.4 is 9.64 Å². The number of Topliss-reactive ketones (excluding diaryl/α,β-unsaturated/α-hetero) is 1. The smallest absolute Gasteiger partial charge is 0.301 e. The van der Waals surface area contributed by atoms with Crippen molar-refractivity contribution in [3.63, 3.8) is 0 Å². The number of aliphatic hydroxyl groups excluding tert-OH is 1. The fourth-order valence-corrected chi connectivity index (χ4v) is 5.10. The quantitative estimate of drug-likeness (QED) is 0.258. The summed E-state index contributed by atoms with van der Waals surface area (Å²) in [6, 6.07) is 21.0. The first kappa shape index (κ1) is 20.9. The molecule has 2 heterocycles. The average Bonchev–Trinajstić information content (AvgIpc) is 3.37. The number of nitrogens with zero attached hydrogens (tertiary/aromatic N) is 2. The van der Waals surface area contributed by atoms with Crippen molar-refractivity contribution >= 4 is 44.1 Å². The molecule has 1 amide bonds. The van der Waals surface area contributed by atoms with Gasteiger partial charge in [-0.05, 0) is 54.4 Å². The third-order valence-electron chi connectivity index (χ3n) is 5.66. The monoisotopic (exact) mass is 456 g/mol. The molecule has 0 aliphatic carbocycles. The van der Waals surface area contributed by atoms with Crippen LogP contribution in [0.5, 0.6) is 5.75 Å². The molecule has 33 heavy (non-hydrogen) atoms. The number of amides is 1. The molecule has 1 saturated heterocycles. The van der Waals surface area contributed by atoms with Crippen molar-refractivity contribution in [2.45, 2.75) is 13.0 Å². The lowest BCUT2D eigenvalue weighted by Crippen LogP contribution is -2.29. The largest absolute Gasteiger partial charge is 0.507 e. The van der Waals surface area contributed by atoms with Crippen LogP contribution in [-0.2, 0) is 9.59 Å². The molecule has 0 unspecified atom stereocenters. The molecule has 0 saturated carbocycles. The molecule has 1 aliphatic rings. The third kappa shape index (κ3) is 3.56. The number of thiazole rings is 1. The minimum Gasteiger partial charge on any atom is -0.507 e. The van der Waals surface area contributed by atoms with Gasteiger partial charge in [0.2, 0.25) is 0 Å². The fourth-order valence-electron chi connectivity index (χ4n) is 4.01. The van der Waals surface area contributed by atoms with Gasteiger partial charge in [0.15, 0.2) is 5.13 Å². The number of methoxy groups -OCH3 is 1. The topological polar surface area (TPSA) is 79.7 Å². The molecule has 6 nitrogen and oxygen atoms in total. The van der Waals surface area contributed by atoms with Gasteiger partial charge in [0.25, 0.3) is 5.78 Å². The summed E-state index contributed by atoms with van der Waals surface area (Å²) in [6.07, 6.45) is 0. The summed E-state index contributed by atoms with van der Waals surface area (Å²) in [5, 5.41) is 11.6. The summed E-state index contributed by atoms with van der Waals surface area (Å²) < 4.78 is 6.11. The van der Waals surface area contributed by atoms with E-state index in [0.717, 1.165) is 15.8 Å². The zero-order chi connectivity index (χ0) is 23.1. The highest BCUT2D eigenvalue weighted by Gasteiger charge is 2.48. The van der Waals surface area contributed by atoms with E-state index in [-0.39, 0.29) is 11.3 Å². The second kappa shape index (κ2) is 8.18. The van der Waals surface area contributed by atoms with Crippen molar-refractivity contribution in [2.75, 3.05) is 12.0 Å². The number of benzene rings is 3. The number of ketones is 1. The zero-order valence-electron chi connectivity index (χ0n) is 18.0. The molecule has 1 N–H and O–H groups in total. The number of ether oxygens (including phenoxy) is 1. The Kier molecular flexibility index (Phi) is 5.18. The molecular weight excluding hydrogens is 436 g/mol. The molecule has 3 aromatic carbocycles. The number of fused-ring (bicyclic) bond motifs is 1. The van der Waals surface area contributed by atoms with Crippen LogP contribution >= 0.6 is 11.3 Å². The van der Waals surface area contributed by atoms with E-state index in [1.807, 2.05) is 55.5 Å². The Labute approximate surface area is 194 Å². The van der Waals surface area contributed by atoms with Crippen molar-refractivity contribution in [1.82, 2.24) is 4.98 Å². The molecule has 0 spiro atoms. The van der Waals surface area contributed by atoms with E-state index >= 15 is 0 Å². The summed E-state index contributed by atoms with van der Waals surface area (Å²) in [5.74, 6) is -1.07. The Hall–Kier alpha value is -3.97. The number of aliphatic hydroxyl groups is 1. The average molecular weight is 457 g/mol. The maximum atomic E-state index is 13.3. The maximum Gasteiger partial charge on any atom is 0.301 e. The second-order valence-corrected chi connectivity index (χ2v) is 8.79. The van der Waals surface area contributed by atoms with Crippen molar-refractivity contribution < 1.29 is 19.4 Å².